The van der Waals surface area contributed by atoms with Crippen LogP contribution in [0.4, 0.5) is 0 Å². The van der Waals surface area contributed by atoms with Gasteiger partial charge < -0.3 is 10.6 Å². The van der Waals surface area contributed by atoms with E-state index >= 15 is 0 Å². The van der Waals surface area contributed by atoms with Crippen LogP contribution in [0.25, 0.3) is 0 Å². The zero-order valence-electron chi connectivity index (χ0n) is 10.5. The molecule has 0 atom stereocenters. The van der Waals surface area contributed by atoms with E-state index in [1.165, 1.54) is 56.4 Å². The normalized spacial score (nSPS) is 22.9. The van der Waals surface area contributed by atoms with E-state index in [0.29, 0.717) is 12.0 Å². The lowest BCUT2D eigenvalue weighted by Gasteiger charge is -2.48. The minimum absolute atomic E-state index is 0.427. The van der Waals surface area contributed by atoms with E-state index in [2.05, 4.69) is 29.2 Å². The molecule has 2 fully saturated rings. The molecule has 0 radical (unpaired) electrons. The van der Waals surface area contributed by atoms with Gasteiger partial charge in [0.25, 0.3) is 0 Å². The molecule has 1 aliphatic heterocycles. The molecule has 0 aromatic heterocycles. The average molecular weight is 230 g/mol. The molecule has 1 aliphatic carbocycles. The molecule has 1 saturated carbocycles. The zero-order valence-corrected chi connectivity index (χ0v) is 10.5. The van der Waals surface area contributed by atoms with Gasteiger partial charge in [-0.15, -0.1) is 0 Å². The highest BCUT2D eigenvalue weighted by molar-refractivity contribution is 5.36. The van der Waals surface area contributed by atoms with Crippen LogP contribution in [0.15, 0.2) is 24.3 Å². The lowest BCUT2D eigenvalue weighted by Crippen LogP contribution is -2.50. The maximum atomic E-state index is 5.89. The Bertz CT molecular complexity index is 392. The van der Waals surface area contributed by atoms with Crippen molar-refractivity contribution in [3.8, 4) is 0 Å². The molecule has 2 N–H and O–H groups in total. The fourth-order valence-electron chi connectivity index (χ4n) is 3.30. The first-order valence-electron chi connectivity index (χ1n) is 6.85. The van der Waals surface area contributed by atoms with Crippen LogP contribution in [-0.2, 0) is 12.0 Å². The lowest BCUT2D eigenvalue weighted by atomic mass is 9.62. The summed E-state index contributed by atoms with van der Waals surface area (Å²) < 4.78 is 0. The van der Waals surface area contributed by atoms with Crippen molar-refractivity contribution in [2.75, 3.05) is 19.6 Å². The van der Waals surface area contributed by atoms with Crippen molar-refractivity contribution in [2.24, 2.45) is 5.73 Å². The number of nitrogens with zero attached hydrogens (tertiary/aromatic N) is 1. The van der Waals surface area contributed by atoms with Crippen molar-refractivity contribution < 1.29 is 0 Å². The molecular formula is C15H22N2. The van der Waals surface area contributed by atoms with Gasteiger partial charge in [0.2, 0.25) is 0 Å². The van der Waals surface area contributed by atoms with E-state index < -0.39 is 0 Å². The summed E-state index contributed by atoms with van der Waals surface area (Å²) in [6.07, 6.45) is 5.46. The van der Waals surface area contributed by atoms with Gasteiger partial charge in [0, 0.05) is 18.5 Å². The number of hydrogen-bond acceptors (Lipinski definition) is 2. The first-order chi connectivity index (χ1) is 8.34. The summed E-state index contributed by atoms with van der Waals surface area (Å²) in [7, 11) is 0. The van der Waals surface area contributed by atoms with Gasteiger partial charge in [-0.1, -0.05) is 30.7 Å². The predicted molar refractivity (Wildman–Crippen MR) is 70.9 cm³/mol. The topological polar surface area (TPSA) is 29.3 Å². The third-order valence-electron chi connectivity index (χ3n) is 4.59. The van der Waals surface area contributed by atoms with Gasteiger partial charge in [-0.05, 0) is 43.5 Å². The lowest BCUT2D eigenvalue weighted by molar-refractivity contribution is 0.0931. The van der Waals surface area contributed by atoms with E-state index in [4.69, 9.17) is 5.73 Å². The van der Waals surface area contributed by atoms with Gasteiger partial charge in [-0.3, -0.25) is 0 Å². The highest BCUT2D eigenvalue weighted by Gasteiger charge is 2.41. The van der Waals surface area contributed by atoms with E-state index in [9.17, 15) is 0 Å². The average Bonchev–Trinajstić information content (AvgIpc) is 2.26. The SMILES string of the molecule is NCc1ccccc1C1(CN2CCC2)CCC1. The Morgan fingerprint density at radius 3 is 2.41 bits per heavy atom. The summed E-state index contributed by atoms with van der Waals surface area (Å²) in [5, 5.41) is 0. The highest BCUT2D eigenvalue weighted by Crippen LogP contribution is 2.46. The van der Waals surface area contributed by atoms with E-state index in [1.54, 1.807) is 0 Å². The molecule has 1 aromatic rings. The van der Waals surface area contributed by atoms with Crippen molar-refractivity contribution in [1.82, 2.24) is 4.90 Å². The van der Waals surface area contributed by atoms with Gasteiger partial charge in [-0.2, -0.15) is 0 Å². The van der Waals surface area contributed by atoms with Crippen molar-refractivity contribution in [1.29, 1.82) is 0 Å². The van der Waals surface area contributed by atoms with Gasteiger partial charge in [0.05, 0.1) is 0 Å². The molecule has 2 heteroatoms. The molecule has 92 valence electrons. The molecule has 0 amide bonds. The Morgan fingerprint density at radius 2 is 1.88 bits per heavy atom. The summed E-state index contributed by atoms with van der Waals surface area (Å²) in [5.74, 6) is 0. The van der Waals surface area contributed by atoms with Crippen molar-refractivity contribution >= 4 is 0 Å². The van der Waals surface area contributed by atoms with Crippen LogP contribution in [0.1, 0.15) is 36.8 Å². The molecular weight excluding hydrogens is 208 g/mol. The minimum atomic E-state index is 0.427. The maximum absolute atomic E-state index is 5.89. The second kappa shape index (κ2) is 4.43. The van der Waals surface area contributed by atoms with E-state index in [1.807, 2.05) is 0 Å². The molecule has 2 aliphatic rings. The summed E-state index contributed by atoms with van der Waals surface area (Å²) in [6, 6.07) is 8.79. The van der Waals surface area contributed by atoms with Crippen LogP contribution in [0.2, 0.25) is 0 Å². The molecule has 2 nitrogen and oxygen atoms in total. The molecule has 0 unspecified atom stereocenters. The van der Waals surface area contributed by atoms with Crippen LogP contribution < -0.4 is 5.73 Å². The van der Waals surface area contributed by atoms with Crippen molar-refractivity contribution in [3.05, 3.63) is 35.4 Å². The number of nitrogens with two attached hydrogens (primary N) is 1. The molecule has 1 heterocycles. The minimum Gasteiger partial charge on any atom is -0.326 e. The smallest absolute Gasteiger partial charge is 0.0181 e. The molecule has 17 heavy (non-hydrogen) atoms. The highest BCUT2D eigenvalue weighted by atomic mass is 15.2. The van der Waals surface area contributed by atoms with Gasteiger partial charge in [0.1, 0.15) is 0 Å². The fraction of sp³-hybridized carbons (Fsp3) is 0.600. The number of benzene rings is 1. The fourth-order valence-corrected chi connectivity index (χ4v) is 3.30. The van der Waals surface area contributed by atoms with E-state index in [-0.39, 0.29) is 0 Å². The van der Waals surface area contributed by atoms with Crippen LogP contribution in [-0.4, -0.2) is 24.5 Å². The van der Waals surface area contributed by atoms with Crippen LogP contribution in [0, 0.1) is 0 Å². The predicted octanol–water partition coefficient (Wildman–Crippen LogP) is 2.27. The number of rotatable bonds is 4. The van der Waals surface area contributed by atoms with Crippen molar-refractivity contribution in [3.63, 3.8) is 0 Å². The maximum Gasteiger partial charge on any atom is 0.0181 e. The molecule has 1 saturated heterocycles. The summed E-state index contributed by atoms with van der Waals surface area (Å²) in [6.45, 7) is 4.53. The molecule has 1 aromatic carbocycles. The van der Waals surface area contributed by atoms with Crippen molar-refractivity contribution in [2.45, 2.75) is 37.6 Å². The van der Waals surface area contributed by atoms with Crippen LogP contribution >= 0.6 is 0 Å². The summed E-state index contributed by atoms with van der Waals surface area (Å²) in [5.41, 5.74) is 9.20. The summed E-state index contributed by atoms with van der Waals surface area (Å²) in [4.78, 5) is 2.60. The Balaban J connectivity index is 1.87. The standard InChI is InChI=1S/C15H22N2/c16-11-13-5-1-2-6-14(13)15(7-3-8-15)12-17-9-4-10-17/h1-2,5-6H,3-4,7-12,16H2. The quantitative estimate of drug-likeness (QED) is 0.860. The Kier molecular flexibility index (Phi) is 2.93. The van der Waals surface area contributed by atoms with Gasteiger partial charge >= 0.3 is 0 Å². The van der Waals surface area contributed by atoms with Crippen LogP contribution in [0.5, 0.6) is 0 Å². The van der Waals surface area contributed by atoms with Crippen LogP contribution in [0.3, 0.4) is 0 Å². The van der Waals surface area contributed by atoms with E-state index in [0.717, 1.165) is 0 Å². The Morgan fingerprint density at radius 1 is 1.12 bits per heavy atom. The molecule has 0 spiro atoms. The third-order valence-corrected chi connectivity index (χ3v) is 4.59. The first-order valence-corrected chi connectivity index (χ1v) is 6.85. The molecule has 0 bridgehead atoms. The Hall–Kier alpha value is -0.860. The Labute approximate surface area is 104 Å². The largest absolute Gasteiger partial charge is 0.326 e. The number of likely N-dealkylation sites (tertiary alicyclic amines) is 1. The third kappa shape index (κ3) is 1.90. The second-order valence-corrected chi connectivity index (χ2v) is 5.62. The zero-order chi connectivity index (χ0) is 11.7. The monoisotopic (exact) mass is 230 g/mol. The second-order valence-electron chi connectivity index (χ2n) is 5.62. The summed E-state index contributed by atoms with van der Waals surface area (Å²) >= 11 is 0. The number of hydrogen-bond donors (Lipinski definition) is 1. The van der Waals surface area contributed by atoms with Gasteiger partial charge in [0.15, 0.2) is 0 Å². The first kappa shape index (κ1) is 11.2. The van der Waals surface area contributed by atoms with Gasteiger partial charge in [-0.25, -0.2) is 0 Å². The molecule has 3 rings (SSSR count).